The van der Waals surface area contributed by atoms with Crippen LogP contribution in [0.2, 0.25) is 0 Å². The molecule has 1 saturated carbocycles. The van der Waals surface area contributed by atoms with Crippen LogP contribution in [0.25, 0.3) is 0 Å². The molecule has 0 unspecified atom stereocenters. The first-order valence-corrected chi connectivity index (χ1v) is 10.3. The molecule has 0 spiro atoms. The summed E-state index contributed by atoms with van der Waals surface area (Å²) in [6, 6.07) is 8.57. The molecular formula is C21H30ClN5O2. The molecule has 1 aliphatic heterocycles. The molecule has 2 aliphatic rings. The highest BCUT2D eigenvalue weighted by atomic mass is 35.5. The van der Waals surface area contributed by atoms with E-state index in [9.17, 15) is 4.79 Å². The quantitative estimate of drug-likeness (QED) is 0.752. The zero-order chi connectivity index (χ0) is 19.4. The minimum Gasteiger partial charge on any atom is -0.497 e. The lowest BCUT2D eigenvalue weighted by Crippen LogP contribution is -2.39. The van der Waals surface area contributed by atoms with E-state index < -0.39 is 0 Å². The normalized spacial score (nSPS) is 18.8. The van der Waals surface area contributed by atoms with E-state index in [4.69, 9.17) is 4.74 Å². The predicted molar refractivity (Wildman–Crippen MR) is 114 cm³/mol. The maximum Gasteiger partial charge on any atom is 0.273 e. The Morgan fingerprint density at radius 2 is 2.07 bits per heavy atom. The zero-order valence-electron chi connectivity index (χ0n) is 16.9. The van der Waals surface area contributed by atoms with E-state index in [2.05, 4.69) is 33.1 Å². The van der Waals surface area contributed by atoms with Gasteiger partial charge in [0, 0.05) is 12.0 Å². The summed E-state index contributed by atoms with van der Waals surface area (Å²) in [5.74, 6) is 0.717. The largest absolute Gasteiger partial charge is 0.497 e. The monoisotopic (exact) mass is 419 g/mol. The minimum absolute atomic E-state index is 0. The molecular weight excluding hydrogens is 390 g/mol. The van der Waals surface area contributed by atoms with Crippen molar-refractivity contribution in [2.75, 3.05) is 26.7 Å². The number of halogens is 1. The van der Waals surface area contributed by atoms with Crippen molar-refractivity contribution in [1.29, 1.82) is 0 Å². The van der Waals surface area contributed by atoms with E-state index in [-0.39, 0.29) is 23.7 Å². The smallest absolute Gasteiger partial charge is 0.273 e. The van der Waals surface area contributed by atoms with Crippen LogP contribution < -0.4 is 15.4 Å². The first-order chi connectivity index (χ1) is 13.7. The molecule has 2 N–H and O–H groups in total. The van der Waals surface area contributed by atoms with Crippen molar-refractivity contribution in [3.8, 4) is 5.75 Å². The lowest BCUT2D eigenvalue weighted by molar-refractivity contribution is 0.0938. The van der Waals surface area contributed by atoms with Crippen LogP contribution in [0.1, 0.15) is 60.6 Å². The maximum atomic E-state index is 12.7. The Morgan fingerprint density at radius 3 is 2.79 bits per heavy atom. The van der Waals surface area contributed by atoms with E-state index in [1.807, 2.05) is 16.8 Å². The lowest BCUT2D eigenvalue weighted by atomic mass is 9.78. The summed E-state index contributed by atoms with van der Waals surface area (Å²) >= 11 is 0. The van der Waals surface area contributed by atoms with Gasteiger partial charge < -0.3 is 15.4 Å². The standard InChI is InChI=1S/C21H29N5O2.ClH/c1-28-18-6-4-5-16(13-18)21(9-2-3-10-21)15-23-20(27)19-14-26(25-24-19)17-7-11-22-12-8-17;/h4-6,13-14,17,22H,2-3,7-12,15H2,1H3,(H,23,27);1H. The van der Waals surface area contributed by atoms with Crippen molar-refractivity contribution >= 4 is 18.3 Å². The van der Waals surface area contributed by atoms with Gasteiger partial charge in [-0.15, -0.1) is 17.5 Å². The van der Waals surface area contributed by atoms with Crippen LogP contribution in [0, 0.1) is 0 Å². The summed E-state index contributed by atoms with van der Waals surface area (Å²) in [6.45, 7) is 2.57. The van der Waals surface area contributed by atoms with E-state index in [1.54, 1.807) is 13.3 Å². The van der Waals surface area contributed by atoms with Gasteiger partial charge in [0.25, 0.3) is 5.91 Å². The van der Waals surface area contributed by atoms with Gasteiger partial charge >= 0.3 is 0 Å². The van der Waals surface area contributed by atoms with Crippen molar-refractivity contribution in [1.82, 2.24) is 25.6 Å². The third-order valence-electron chi connectivity index (χ3n) is 6.26. The van der Waals surface area contributed by atoms with Gasteiger partial charge in [-0.25, -0.2) is 4.68 Å². The second kappa shape index (κ2) is 9.59. The van der Waals surface area contributed by atoms with Crippen molar-refractivity contribution in [2.45, 2.75) is 50.0 Å². The molecule has 1 aromatic carbocycles. The molecule has 2 heterocycles. The number of nitrogens with zero attached hydrogens (tertiary/aromatic N) is 3. The highest BCUT2D eigenvalue weighted by Crippen LogP contribution is 2.41. The number of benzene rings is 1. The van der Waals surface area contributed by atoms with Gasteiger partial charge in [-0.2, -0.15) is 0 Å². The van der Waals surface area contributed by atoms with Gasteiger partial charge in [0.2, 0.25) is 0 Å². The predicted octanol–water partition coefficient (Wildman–Crippen LogP) is 2.87. The van der Waals surface area contributed by atoms with Gasteiger partial charge in [-0.1, -0.05) is 30.2 Å². The molecule has 2 fully saturated rings. The van der Waals surface area contributed by atoms with Gasteiger partial charge in [-0.3, -0.25) is 4.79 Å². The molecule has 1 saturated heterocycles. The summed E-state index contributed by atoms with van der Waals surface area (Å²) in [4.78, 5) is 12.7. The molecule has 0 radical (unpaired) electrons. The molecule has 0 bridgehead atoms. The Balaban J connectivity index is 0.00000240. The topological polar surface area (TPSA) is 81.1 Å². The summed E-state index contributed by atoms with van der Waals surface area (Å²) in [5.41, 5.74) is 1.61. The molecule has 0 atom stereocenters. The van der Waals surface area contributed by atoms with Crippen LogP contribution >= 0.6 is 12.4 Å². The number of ether oxygens (including phenoxy) is 1. The summed E-state index contributed by atoms with van der Waals surface area (Å²) in [5, 5.41) is 14.8. The lowest BCUT2D eigenvalue weighted by Gasteiger charge is -2.30. The number of carbonyl (C=O) groups is 1. The highest BCUT2D eigenvalue weighted by molar-refractivity contribution is 5.91. The average Bonchev–Trinajstić information content (AvgIpc) is 3.43. The van der Waals surface area contributed by atoms with E-state index in [0.717, 1.165) is 44.5 Å². The molecule has 4 rings (SSSR count). The number of rotatable bonds is 6. The van der Waals surface area contributed by atoms with Crippen LogP contribution in [0.4, 0.5) is 0 Å². The fraction of sp³-hybridized carbons (Fsp3) is 0.571. The summed E-state index contributed by atoms with van der Waals surface area (Å²) in [7, 11) is 1.69. The van der Waals surface area contributed by atoms with E-state index in [1.165, 1.54) is 18.4 Å². The summed E-state index contributed by atoms with van der Waals surface area (Å²) < 4.78 is 7.25. The third kappa shape index (κ3) is 4.73. The van der Waals surface area contributed by atoms with Crippen LogP contribution in [-0.4, -0.2) is 47.6 Å². The van der Waals surface area contributed by atoms with Crippen molar-refractivity contribution in [3.05, 3.63) is 41.7 Å². The van der Waals surface area contributed by atoms with Gasteiger partial charge in [0.1, 0.15) is 5.75 Å². The Labute approximate surface area is 178 Å². The summed E-state index contributed by atoms with van der Waals surface area (Å²) in [6.07, 6.45) is 8.33. The van der Waals surface area contributed by atoms with Crippen molar-refractivity contribution in [2.24, 2.45) is 0 Å². The number of nitrogens with one attached hydrogen (secondary N) is 2. The fourth-order valence-electron chi connectivity index (χ4n) is 4.54. The zero-order valence-corrected chi connectivity index (χ0v) is 17.7. The Bertz CT molecular complexity index is 813. The van der Waals surface area contributed by atoms with Crippen LogP contribution in [0.5, 0.6) is 5.75 Å². The van der Waals surface area contributed by atoms with E-state index in [0.29, 0.717) is 18.3 Å². The first-order valence-electron chi connectivity index (χ1n) is 10.3. The first kappa shape index (κ1) is 21.6. The average molecular weight is 420 g/mol. The Morgan fingerprint density at radius 1 is 1.31 bits per heavy atom. The SMILES string of the molecule is COc1cccc(C2(CNC(=O)c3cn(C4CCNCC4)nn3)CCCC2)c1.Cl. The molecule has 1 aliphatic carbocycles. The number of hydrogen-bond acceptors (Lipinski definition) is 5. The maximum absolute atomic E-state index is 12.7. The van der Waals surface area contributed by atoms with Gasteiger partial charge in [-0.05, 0) is 56.5 Å². The van der Waals surface area contributed by atoms with Crippen LogP contribution in [0.3, 0.4) is 0 Å². The molecule has 158 valence electrons. The van der Waals surface area contributed by atoms with Crippen LogP contribution in [0.15, 0.2) is 30.5 Å². The number of methoxy groups -OCH3 is 1. The van der Waals surface area contributed by atoms with E-state index >= 15 is 0 Å². The van der Waals surface area contributed by atoms with Gasteiger partial charge in [0.15, 0.2) is 5.69 Å². The second-order valence-electron chi connectivity index (χ2n) is 7.97. The fourth-order valence-corrected chi connectivity index (χ4v) is 4.54. The van der Waals surface area contributed by atoms with Crippen molar-refractivity contribution in [3.63, 3.8) is 0 Å². The molecule has 2 aromatic rings. The third-order valence-corrected chi connectivity index (χ3v) is 6.26. The molecule has 7 nitrogen and oxygen atoms in total. The molecule has 8 heteroatoms. The number of hydrogen-bond donors (Lipinski definition) is 2. The van der Waals surface area contributed by atoms with Crippen LogP contribution in [-0.2, 0) is 5.41 Å². The highest BCUT2D eigenvalue weighted by Gasteiger charge is 2.36. The second-order valence-corrected chi connectivity index (χ2v) is 7.97. The Hall–Kier alpha value is -2.12. The number of carbonyl (C=O) groups excluding carboxylic acids is 1. The molecule has 1 amide bonds. The molecule has 1 aromatic heterocycles. The van der Waals surface area contributed by atoms with Gasteiger partial charge in [0.05, 0.1) is 19.3 Å². The number of amides is 1. The Kier molecular flexibility index (Phi) is 7.14. The number of piperidine rings is 1. The van der Waals surface area contributed by atoms with Crippen molar-refractivity contribution < 1.29 is 9.53 Å². The minimum atomic E-state index is -0.144. The molecule has 29 heavy (non-hydrogen) atoms. The number of aromatic nitrogens is 3.